The van der Waals surface area contributed by atoms with Crippen LogP contribution in [0.4, 0.5) is 19.1 Å². The molecule has 2 aromatic rings. The summed E-state index contributed by atoms with van der Waals surface area (Å²) in [6.45, 7) is 3.40. The van der Waals surface area contributed by atoms with Gasteiger partial charge in [0.2, 0.25) is 21.9 Å². The number of aromatic amines is 1. The zero-order valence-corrected chi connectivity index (χ0v) is 21.4. The molecule has 0 aliphatic carbocycles. The first kappa shape index (κ1) is 26.5. The number of H-pyrrole nitrogens is 1. The van der Waals surface area contributed by atoms with Crippen LogP contribution in [-0.2, 0) is 40.5 Å². The van der Waals surface area contributed by atoms with E-state index in [0.29, 0.717) is 69.1 Å². The number of alkyl halides is 3. The predicted molar refractivity (Wildman–Crippen MR) is 128 cm³/mol. The molecule has 3 aliphatic heterocycles. The van der Waals surface area contributed by atoms with Crippen LogP contribution in [0.25, 0.3) is 0 Å². The standard InChI is InChI=1S/C22H27F3N8O4S/c1-38(36,37)33-3-2-16-17(12-33)18(28-29-19(16)34)13-30-10-14(11-30)20(35)31-4-6-32(7-5-31)21-26-8-15(9-27-21)22(23,24)25/h8-9,14H,2-7,10-13H2,1H3,(H,29,34). The molecule has 0 atom stereocenters. The molecule has 206 valence electrons. The fourth-order valence-corrected chi connectivity index (χ4v) is 5.79. The number of aromatic nitrogens is 4. The molecule has 2 aromatic heterocycles. The third-order valence-electron chi connectivity index (χ3n) is 7.21. The van der Waals surface area contributed by atoms with Crippen LogP contribution >= 0.6 is 0 Å². The largest absolute Gasteiger partial charge is 0.419 e. The molecule has 1 N–H and O–H groups in total. The smallest absolute Gasteiger partial charge is 0.339 e. The molecule has 12 nitrogen and oxygen atoms in total. The zero-order valence-electron chi connectivity index (χ0n) is 20.6. The summed E-state index contributed by atoms with van der Waals surface area (Å²) in [5.74, 6) is 0.00927. The molecule has 0 unspecified atom stereocenters. The summed E-state index contributed by atoms with van der Waals surface area (Å²) in [5, 5.41) is 6.67. The number of hydrogen-bond donors (Lipinski definition) is 1. The number of piperazine rings is 1. The molecule has 0 aromatic carbocycles. The normalized spacial score (nSPS) is 19.8. The Kier molecular flexibility index (Phi) is 6.89. The molecule has 5 heterocycles. The number of nitrogens with one attached hydrogen (secondary N) is 1. The third kappa shape index (κ3) is 5.37. The molecular weight excluding hydrogens is 529 g/mol. The van der Waals surface area contributed by atoms with E-state index in [4.69, 9.17) is 0 Å². The van der Waals surface area contributed by atoms with Crippen LogP contribution in [0.3, 0.4) is 0 Å². The van der Waals surface area contributed by atoms with Crippen LogP contribution in [-0.4, -0.2) is 101 Å². The Balaban J connectivity index is 1.14. The van der Waals surface area contributed by atoms with Crippen molar-refractivity contribution in [3.05, 3.63) is 45.1 Å². The zero-order chi connectivity index (χ0) is 27.2. The number of sulfonamides is 1. The van der Waals surface area contributed by atoms with Gasteiger partial charge in [0.15, 0.2) is 0 Å². The van der Waals surface area contributed by atoms with Gasteiger partial charge in [0, 0.05) is 82.4 Å². The Hall–Kier alpha value is -3.11. The van der Waals surface area contributed by atoms with Crippen LogP contribution < -0.4 is 10.5 Å². The van der Waals surface area contributed by atoms with Crippen molar-refractivity contribution in [2.75, 3.05) is 57.0 Å². The van der Waals surface area contributed by atoms with Crippen LogP contribution in [0, 0.1) is 5.92 Å². The minimum Gasteiger partial charge on any atom is -0.339 e. The first-order chi connectivity index (χ1) is 17.9. The maximum atomic E-state index is 13.0. The van der Waals surface area contributed by atoms with Gasteiger partial charge in [0.1, 0.15) is 0 Å². The number of hydrogen-bond acceptors (Lipinski definition) is 9. The minimum atomic E-state index is -4.50. The highest BCUT2D eigenvalue weighted by Crippen LogP contribution is 2.29. The lowest BCUT2D eigenvalue weighted by Gasteiger charge is -2.43. The topological polar surface area (TPSA) is 136 Å². The average Bonchev–Trinajstić information content (AvgIpc) is 2.86. The molecular formula is C22H27F3N8O4S. The van der Waals surface area contributed by atoms with Crippen LogP contribution in [0.1, 0.15) is 22.4 Å². The van der Waals surface area contributed by atoms with Crippen LogP contribution in [0.5, 0.6) is 0 Å². The molecule has 0 bridgehead atoms. The summed E-state index contributed by atoms with van der Waals surface area (Å²) in [4.78, 5) is 38.4. The molecule has 5 rings (SSSR count). The first-order valence-electron chi connectivity index (χ1n) is 12.1. The summed E-state index contributed by atoms with van der Waals surface area (Å²) < 4.78 is 63.6. The van der Waals surface area contributed by atoms with Crippen LogP contribution in [0.15, 0.2) is 17.2 Å². The fourth-order valence-electron chi connectivity index (χ4n) is 5.00. The van der Waals surface area contributed by atoms with E-state index in [0.717, 1.165) is 18.6 Å². The highest BCUT2D eigenvalue weighted by Gasteiger charge is 2.38. The van der Waals surface area contributed by atoms with Gasteiger partial charge in [-0.1, -0.05) is 0 Å². The molecule has 1 amide bonds. The summed E-state index contributed by atoms with van der Waals surface area (Å²) in [5.41, 5.74) is 0.563. The van der Waals surface area contributed by atoms with Gasteiger partial charge in [-0.05, 0) is 6.42 Å². The summed E-state index contributed by atoms with van der Waals surface area (Å²) in [7, 11) is -3.41. The molecule has 0 spiro atoms. The summed E-state index contributed by atoms with van der Waals surface area (Å²) in [6.07, 6.45) is -1.52. The van der Waals surface area contributed by atoms with E-state index in [1.807, 2.05) is 4.90 Å². The van der Waals surface area contributed by atoms with E-state index in [2.05, 4.69) is 20.2 Å². The molecule has 2 saturated heterocycles. The van der Waals surface area contributed by atoms with E-state index in [1.54, 1.807) is 9.80 Å². The minimum absolute atomic E-state index is 0.00828. The fraction of sp³-hybridized carbons (Fsp3) is 0.591. The molecule has 3 aliphatic rings. The Bertz CT molecular complexity index is 1370. The number of amides is 1. The molecule has 16 heteroatoms. The monoisotopic (exact) mass is 556 g/mol. The number of fused-ring (bicyclic) bond motifs is 1. The number of carbonyl (C=O) groups is 1. The second-order valence-electron chi connectivity index (χ2n) is 9.78. The summed E-state index contributed by atoms with van der Waals surface area (Å²) in [6, 6.07) is 0. The van der Waals surface area contributed by atoms with Gasteiger partial charge in [0.25, 0.3) is 5.56 Å². The first-order valence-corrected chi connectivity index (χ1v) is 13.9. The highest BCUT2D eigenvalue weighted by atomic mass is 32.2. The molecule has 0 saturated carbocycles. The summed E-state index contributed by atoms with van der Waals surface area (Å²) >= 11 is 0. The van der Waals surface area contributed by atoms with Gasteiger partial charge in [-0.2, -0.15) is 22.6 Å². The number of rotatable bonds is 5. The number of likely N-dealkylation sites (tertiary alicyclic amines) is 1. The lowest BCUT2D eigenvalue weighted by Crippen LogP contribution is -2.57. The quantitative estimate of drug-likeness (QED) is 0.526. The average molecular weight is 557 g/mol. The lowest BCUT2D eigenvalue weighted by atomic mass is 9.96. The number of halogens is 3. The Morgan fingerprint density at radius 2 is 1.74 bits per heavy atom. The van der Waals surface area contributed by atoms with Crippen molar-refractivity contribution < 1.29 is 26.4 Å². The van der Waals surface area contributed by atoms with Gasteiger partial charge in [-0.15, -0.1) is 0 Å². The van der Waals surface area contributed by atoms with E-state index in [-0.39, 0.29) is 36.4 Å². The highest BCUT2D eigenvalue weighted by molar-refractivity contribution is 7.88. The number of carbonyl (C=O) groups excluding carboxylic acids is 1. The van der Waals surface area contributed by atoms with E-state index in [1.165, 1.54) is 4.31 Å². The second kappa shape index (κ2) is 9.89. The van der Waals surface area contributed by atoms with E-state index < -0.39 is 21.8 Å². The van der Waals surface area contributed by atoms with E-state index >= 15 is 0 Å². The third-order valence-corrected chi connectivity index (χ3v) is 8.46. The SMILES string of the molecule is CS(=O)(=O)N1CCc2c(c(CN3CC(C(=O)N4CCN(c5ncc(C(F)(F)F)cn5)CC4)C3)n[nH]c2=O)C1. The van der Waals surface area contributed by atoms with Crippen molar-refractivity contribution in [2.24, 2.45) is 5.92 Å². The van der Waals surface area contributed by atoms with Crippen molar-refractivity contribution in [1.29, 1.82) is 0 Å². The van der Waals surface area contributed by atoms with Gasteiger partial charge >= 0.3 is 6.18 Å². The van der Waals surface area contributed by atoms with Crippen molar-refractivity contribution in [3.63, 3.8) is 0 Å². The van der Waals surface area contributed by atoms with Gasteiger partial charge < -0.3 is 9.80 Å². The van der Waals surface area contributed by atoms with Crippen molar-refractivity contribution in [1.82, 2.24) is 34.3 Å². The van der Waals surface area contributed by atoms with Crippen LogP contribution in [0.2, 0.25) is 0 Å². The van der Waals surface area contributed by atoms with E-state index in [9.17, 15) is 31.2 Å². The second-order valence-corrected chi connectivity index (χ2v) is 11.8. The molecule has 38 heavy (non-hydrogen) atoms. The Morgan fingerprint density at radius 3 is 2.34 bits per heavy atom. The van der Waals surface area contributed by atoms with Gasteiger partial charge in [-0.25, -0.2) is 23.5 Å². The lowest BCUT2D eigenvalue weighted by molar-refractivity contribution is -0.142. The van der Waals surface area contributed by atoms with Crippen molar-refractivity contribution in [3.8, 4) is 0 Å². The number of nitrogens with zero attached hydrogens (tertiary/aromatic N) is 7. The predicted octanol–water partition coefficient (Wildman–Crippen LogP) is -0.323. The molecule has 0 radical (unpaired) electrons. The maximum Gasteiger partial charge on any atom is 0.419 e. The van der Waals surface area contributed by atoms with Gasteiger partial charge in [0.05, 0.1) is 23.4 Å². The molecule has 2 fully saturated rings. The maximum absolute atomic E-state index is 13.0. The van der Waals surface area contributed by atoms with Crippen molar-refractivity contribution >= 4 is 21.9 Å². The number of anilines is 1. The van der Waals surface area contributed by atoms with Crippen molar-refractivity contribution in [2.45, 2.75) is 25.7 Å². The Morgan fingerprint density at radius 1 is 1.08 bits per heavy atom. The Labute approximate surface area is 216 Å². The van der Waals surface area contributed by atoms with Gasteiger partial charge in [-0.3, -0.25) is 14.5 Å².